The van der Waals surface area contributed by atoms with Crippen molar-refractivity contribution in [3.8, 4) is 0 Å². The van der Waals surface area contributed by atoms with E-state index in [1.165, 1.54) is 0 Å². The van der Waals surface area contributed by atoms with Gasteiger partial charge in [0.15, 0.2) is 0 Å². The van der Waals surface area contributed by atoms with Gasteiger partial charge in [-0.1, -0.05) is 35.9 Å². The van der Waals surface area contributed by atoms with Crippen LogP contribution in [-0.2, 0) is 20.7 Å². The Morgan fingerprint density at radius 2 is 1.97 bits per heavy atom. The zero-order chi connectivity index (χ0) is 24.7. The second-order valence-electron chi connectivity index (χ2n) is 9.37. The first-order valence-corrected chi connectivity index (χ1v) is 12.3. The molecule has 1 heterocycles. The summed E-state index contributed by atoms with van der Waals surface area (Å²) >= 11 is 6.09. The van der Waals surface area contributed by atoms with E-state index < -0.39 is 0 Å². The molecule has 2 unspecified atom stereocenters. The lowest BCUT2D eigenvalue weighted by atomic mass is 10.0. The Kier molecular flexibility index (Phi) is 6.28. The molecule has 2 aliphatic rings. The summed E-state index contributed by atoms with van der Waals surface area (Å²) in [6.07, 6.45) is 1.33. The molecule has 0 radical (unpaired) electrons. The maximum Gasteiger partial charge on any atom is 0.309 e. The Labute approximate surface area is 208 Å². The fourth-order valence-electron chi connectivity index (χ4n) is 5.24. The molecule has 0 aliphatic heterocycles. The second-order valence-corrected chi connectivity index (χ2v) is 9.80. The zero-order valence-electron chi connectivity index (χ0n) is 19.7. The van der Waals surface area contributed by atoms with Gasteiger partial charge >= 0.3 is 5.97 Å². The van der Waals surface area contributed by atoms with Gasteiger partial charge in [-0.2, -0.15) is 0 Å². The van der Waals surface area contributed by atoms with Crippen LogP contribution in [0.5, 0.6) is 0 Å². The van der Waals surface area contributed by atoms with E-state index >= 15 is 0 Å². The van der Waals surface area contributed by atoms with Crippen LogP contribution >= 0.6 is 11.6 Å². The first kappa shape index (κ1) is 23.4. The second kappa shape index (κ2) is 9.38. The van der Waals surface area contributed by atoms with Gasteiger partial charge in [0, 0.05) is 29.4 Å². The van der Waals surface area contributed by atoms with Gasteiger partial charge in [-0.05, 0) is 61.1 Å². The summed E-state index contributed by atoms with van der Waals surface area (Å²) in [5.74, 6) is -0.614. The molecular formula is C27H28ClN3O4. The molecule has 2 amide bonds. The van der Waals surface area contributed by atoms with Gasteiger partial charge in [-0.15, -0.1) is 0 Å². The normalized spacial score (nSPS) is 22.5. The molecule has 2 N–H and O–H groups in total. The summed E-state index contributed by atoms with van der Waals surface area (Å²) in [5.41, 5.74) is 3.41. The number of hydrogen-bond acceptors (Lipinski definition) is 4. The molecule has 35 heavy (non-hydrogen) atoms. The number of H-pyrrole nitrogens is 1. The van der Waals surface area contributed by atoms with Crippen molar-refractivity contribution in [1.29, 1.82) is 0 Å². The van der Waals surface area contributed by atoms with E-state index in [1.807, 2.05) is 41.3 Å². The third kappa shape index (κ3) is 4.65. The van der Waals surface area contributed by atoms with Crippen LogP contribution in [0.4, 0.5) is 0 Å². The molecule has 5 rings (SSSR count). The van der Waals surface area contributed by atoms with Crippen LogP contribution in [0.25, 0.3) is 10.9 Å². The van der Waals surface area contributed by atoms with Crippen molar-refractivity contribution in [1.82, 2.24) is 15.2 Å². The van der Waals surface area contributed by atoms with Gasteiger partial charge in [-0.3, -0.25) is 14.4 Å². The number of ether oxygens (including phenoxy) is 1. The van der Waals surface area contributed by atoms with Crippen molar-refractivity contribution in [3.63, 3.8) is 0 Å². The molecule has 0 bridgehead atoms. The van der Waals surface area contributed by atoms with E-state index in [0.29, 0.717) is 36.7 Å². The molecule has 7 nitrogen and oxygen atoms in total. The van der Waals surface area contributed by atoms with Crippen molar-refractivity contribution < 1.29 is 19.1 Å². The van der Waals surface area contributed by atoms with Crippen molar-refractivity contribution in [2.45, 2.75) is 38.8 Å². The average Bonchev–Trinajstić information content (AvgIpc) is 3.33. The number of amides is 2. The molecule has 182 valence electrons. The lowest BCUT2D eigenvalue weighted by molar-refractivity contribution is -0.145. The van der Waals surface area contributed by atoms with Crippen LogP contribution < -0.4 is 5.32 Å². The van der Waals surface area contributed by atoms with Crippen molar-refractivity contribution in [2.24, 2.45) is 11.8 Å². The van der Waals surface area contributed by atoms with Crippen LogP contribution in [-0.4, -0.2) is 46.9 Å². The summed E-state index contributed by atoms with van der Waals surface area (Å²) in [7, 11) is 0. The maximum atomic E-state index is 13.3. The molecule has 0 spiro atoms. The molecule has 4 atom stereocenters. The molecule has 3 aromatic rings. The Bertz CT molecular complexity index is 1300. The average molecular weight is 494 g/mol. The van der Waals surface area contributed by atoms with Gasteiger partial charge in [-0.25, -0.2) is 0 Å². The van der Waals surface area contributed by atoms with Crippen LogP contribution in [0.2, 0.25) is 5.02 Å². The van der Waals surface area contributed by atoms with Gasteiger partial charge in [0.1, 0.15) is 5.69 Å². The van der Waals surface area contributed by atoms with Crippen molar-refractivity contribution in [3.05, 3.63) is 70.4 Å². The standard InChI is InChI=1S/C27H28ClN3O4/c1-3-35-27(34)21-11-18(21)14-31(15(2)32)25-20-7-5-4-6-16(20)12-23(25)30-26(33)24-13-17-10-19(28)8-9-22(17)29-24/h4-10,13,18,21,23,25,29H,3,11-12,14H2,1-2H3,(H,30,33)/t18?,21?,23-,25-/m0/s1. The van der Waals surface area contributed by atoms with Crippen LogP contribution in [0.15, 0.2) is 48.5 Å². The lowest BCUT2D eigenvalue weighted by Crippen LogP contribution is -2.47. The van der Waals surface area contributed by atoms with Crippen LogP contribution in [0.3, 0.4) is 0 Å². The Morgan fingerprint density at radius 3 is 2.74 bits per heavy atom. The quantitative estimate of drug-likeness (QED) is 0.481. The predicted molar refractivity (Wildman–Crippen MR) is 133 cm³/mol. The van der Waals surface area contributed by atoms with Gasteiger partial charge in [0.05, 0.1) is 24.6 Å². The van der Waals surface area contributed by atoms with Crippen LogP contribution in [0.1, 0.15) is 47.9 Å². The van der Waals surface area contributed by atoms with E-state index in [9.17, 15) is 14.4 Å². The summed E-state index contributed by atoms with van der Waals surface area (Å²) in [4.78, 5) is 43.2. The number of aromatic amines is 1. The number of esters is 1. The summed E-state index contributed by atoms with van der Waals surface area (Å²) in [5, 5.41) is 4.63. The minimum Gasteiger partial charge on any atom is -0.466 e. The summed E-state index contributed by atoms with van der Waals surface area (Å²) < 4.78 is 5.16. The molecule has 8 heteroatoms. The van der Waals surface area contributed by atoms with Gasteiger partial charge in [0.2, 0.25) is 5.91 Å². The highest BCUT2D eigenvalue weighted by atomic mass is 35.5. The Hall–Kier alpha value is -3.32. The van der Waals surface area contributed by atoms with E-state index in [0.717, 1.165) is 22.0 Å². The number of nitrogens with zero attached hydrogens (tertiary/aromatic N) is 1. The van der Waals surface area contributed by atoms with Crippen molar-refractivity contribution in [2.75, 3.05) is 13.2 Å². The third-order valence-electron chi connectivity index (χ3n) is 7.02. The fourth-order valence-corrected chi connectivity index (χ4v) is 5.42. The monoisotopic (exact) mass is 493 g/mol. The number of nitrogens with one attached hydrogen (secondary N) is 2. The predicted octanol–water partition coefficient (Wildman–Crippen LogP) is 4.26. The molecule has 1 aromatic heterocycles. The van der Waals surface area contributed by atoms with E-state index in [-0.39, 0.29) is 41.7 Å². The molecule has 2 aliphatic carbocycles. The topological polar surface area (TPSA) is 91.5 Å². The zero-order valence-corrected chi connectivity index (χ0v) is 20.5. The highest BCUT2D eigenvalue weighted by molar-refractivity contribution is 6.31. The van der Waals surface area contributed by atoms with Crippen molar-refractivity contribution >= 4 is 40.3 Å². The SMILES string of the molecule is CCOC(=O)C1CC1CN(C(C)=O)[C@H]1c2ccccc2C[C@@H]1NC(=O)c1cc2cc(Cl)ccc2[nH]1. The van der Waals surface area contributed by atoms with E-state index in [4.69, 9.17) is 16.3 Å². The minimum absolute atomic E-state index is 0.0699. The number of halogens is 1. The first-order chi connectivity index (χ1) is 16.9. The number of carbonyl (C=O) groups excluding carboxylic acids is 3. The molecular weight excluding hydrogens is 466 g/mol. The van der Waals surface area contributed by atoms with Gasteiger partial charge in [0.25, 0.3) is 5.91 Å². The first-order valence-electron chi connectivity index (χ1n) is 12.0. The summed E-state index contributed by atoms with van der Waals surface area (Å²) in [6, 6.07) is 14.6. The molecule has 1 fully saturated rings. The fraction of sp³-hybridized carbons (Fsp3) is 0.370. The number of aromatic nitrogens is 1. The number of hydrogen-bond donors (Lipinski definition) is 2. The molecule has 2 aromatic carbocycles. The third-order valence-corrected chi connectivity index (χ3v) is 7.26. The smallest absolute Gasteiger partial charge is 0.309 e. The van der Waals surface area contributed by atoms with E-state index in [1.54, 1.807) is 26.0 Å². The largest absolute Gasteiger partial charge is 0.466 e. The number of carbonyl (C=O) groups is 3. The lowest BCUT2D eigenvalue weighted by Gasteiger charge is -2.33. The Balaban J connectivity index is 1.38. The molecule has 1 saturated carbocycles. The molecule has 0 saturated heterocycles. The Morgan fingerprint density at radius 1 is 1.17 bits per heavy atom. The minimum atomic E-state index is -0.310. The number of fused-ring (bicyclic) bond motifs is 2. The number of benzene rings is 2. The van der Waals surface area contributed by atoms with Crippen LogP contribution in [0, 0.1) is 11.8 Å². The summed E-state index contributed by atoms with van der Waals surface area (Å²) in [6.45, 7) is 4.14. The van der Waals surface area contributed by atoms with Gasteiger partial charge < -0.3 is 19.9 Å². The maximum absolute atomic E-state index is 13.3. The van der Waals surface area contributed by atoms with E-state index in [2.05, 4.69) is 10.3 Å². The highest BCUT2D eigenvalue weighted by Gasteiger charge is 2.48. The highest BCUT2D eigenvalue weighted by Crippen LogP contribution is 2.44. The number of rotatable bonds is 7.